The molecular weight excluding hydrogens is 146 g/mol. The Labute approximate surface area is 64.3 Å². The normalized spacial score (nSPS) is 22.5. The van der Waals surface area contributed by atoms with Gasteiger partial charge in [-0.1, -0.05) is 0 Å². The van der Waals surface area contributed by atoms with Crippen molar-refractivity contribution >= 4 is 11.9 Å². The third kappa shape index (κ3) is 1.60. The van der Waals surface area contributed by atoms with E-state index in [0.717, 1.165) is 6.42 Å². The number of carbonyl (C=O) groups is 1. The average Bonchev–Trinajstić information content (AvgIpc) is 1.78. The molecule has 11 heavy (non-hydrogen) atoms. The van der Waals surface area contributed by atoms with Crippen molar-refractivity contribution in [2.45, 2.75) is 18.9 Å². The van der Waals surface area contributed by atoms with Gasteiger partial charge in [0.25, 0.3) is 0 Å². The Morgan fingerprint density at radius 2 is 2.45 bits per heavy atom. The number of nitrogens with two attached hydrogens (primary N) is 1. The molecule has 1 saturated heterocycles. The minimum atomic E-state index is -0.832. The molecule has 62 valence electrons. The molecule has 0 unspecified atom stereocenters. The summed E-state index contributed by atoms with van der Waals surface area (Å²) in [6, 6.07) is -0.0509. The van der Waals surface area contributed by atoms with E-state index in [1.807, 2.05) is 0 Å². The lowest BCUT2D eigenvalue weighted by molar-refractivity contribution is -0.138. The van der Waals surface area contributed by atoms with Crippen LogP contribution in [-0.2, 0) is 4.79 Å². The first-order valence-electron chi connectivity index (χ1n) is 3.43. The molecule has 0 aromatic rings. The molecule has 0 aliphatic carbocycles. The van der Waals surface area contributed by atoms with Crippen molar-refractivity contribution in [3.8, 4) is 0 Å². The number of carboxylic acids is 1. The highest BCUT2D eigenvalue weighted by Crippen LogP contribution is 2.18. The van der Waals surface area contributed by atoms with Gasteiger partial charge in [-0.15, -0.1) is 0 Å². The fourth-order valence-electron chi connectivity index (χ4n) is 1.17. The number of hydrogen-bond acceptors (Lipinski definition) is 2. The lowest BCUT2D eigenvalue weighted by Crippen LogP contribution is -2.54. The highest BCUT2D eigenvalue weighted by atomic mass is 16.4. The lowest BCUT2D eigenvalue weighted by Gasteiger charge is -2.40. The molecule has 4 N–H and O–H groups in total. The van der Waals surface area contributed by atoms with Crippen molar-refractivity contribution in [1.82, 2.24) is 4.90 Å². The molecule has 0 saturated carbocycles. The van der Waals surface area contributed by atoms with Crippen molar-refractivity contribution in [3.63, 3.8) is 0 Å². The van der Waals surface area contributed by atoms with Gasteiger partial charge < -0.3 is 15.7 Å². The SMILES string of the molecule is N=C(N)N1CC[C@H]1CC(=O)O. The van der Waals surface area contributed by atoms with E-state index < -0.39 is 5.97 Å². The summed E-state index contributed by atoms with van der Waals surface area (Å²) in [4.78, 5) is 11.8. The maximum absolute atomic E-state index is 10.2. The molecule has 1 aliphatic heterocycles. The molecule has 1 fully saturated rings. The Kier molecular flexibility index (Phi) is 1.98. The first kappa shape index (κ1) is 7.84. The van der Waals surface area contributed by atoms with Crippen LogP contribution in [0, 0.1) is 5.41 Å². The number of guanidine groups is 1. The van der Waals surface area contributed by atoms with E-state index in [2.05, 4.69) is 0 Å². The van der Waals surface area contributed by atoms with Crippen LogP contribution in [-0.4, -0.2) is 34.5 Å². The van der Waals surface area contributed by atoms with Crippen LogP contribution in [0.2, 0.25) is 0 Å². The maximum atomic E-state index is 10.2. The number of carboxylic acid groups (broad SMARTS) is 1. The molecule has 0 aromatic carbocycles. The van der Waals surface area contributed by atoms with Gasteiger partial charge in [0, 0.05) is 12.6 Å². The largest absolute Gasteiger partial charge is 0.481 e. The second-order valence-electron chi connectivity index (χ2n) is 2.62. The van der Waals surface area contributed by atoms with E-state index in [0.29, 0.717) is 6.54 Å². The second kappa shape index (κ2) is 2.77. The maximum Gasteiger partial charge on any atom is 0.305 e. The minimum absolute atomic E-state index is 0.0255. The van der Waals surface area contributed by atoms with Crippen molar-refractivity contribution in [1.29, 1.82) is 5.41 Å². The summed E-state index contributed by atoms with van der Waals surface area (Å²) in [6.45, 7) is 0.716. The van der Waals surface area contributed by atoms with Gasteiger partial charge in [0.2, 0.25) is 0 Å². The standard InChI is InChI=1S/C6H11N3O2/c7-6(8)9-2-1-4(9)3-5(10)11/h4H,1-3H2,(H3,7,8)(H,10,11)/t4-/m0/s1. The molecule has 5 nitrogen and oxygen atoms in total. The molecule has 0 amide bonds. The number of likely N-dealkylation sites (tertiary alicyclic amines) is 1. The molecule has 5 heteroatoms. The van der Waals surface area contributed by atoms with Gasteiger partial charge in [-0.3, -0.25) is 10.2 Å². The molecule has 0 radical (unpaired) electrons. The zero-order valence-corrected chi connectivity index (χ0v) is 6.08. The van der Waals surface area contributed by atoms with Crippen LogP contribution in [0.25, 0.3) is 0 Å². The summed E-state index contributed by atoms with van der Waals surface area (Å²) in [7, 11) is 0. The topological polar surface area (TPSA) is 90.4 Å². The summed E-state index contributed by atoms with van der Waals surface area (Å²) in [5, 5.41) is 15.4. The molecule has 1 atom stereocenters. The molecular formula is C6H11N3O2. The van der Waals surface area contributed by atoms with Gasteiger partial charge >= 0.3 is 5.97 Å². The number of nitrogens with zero attached hydrogens (tertiary/aromatic N) is 1. The molecule has 0 aromatic heterocycles. The van der Waals surface area contributed by atoms with Gasteiger partial charge in [-0.25, -0.2) is 0 Å². The Morgan fingerprint density at radius 1 is 1.82 bits per heavy atom. The van der Waals surface area contributed by atoms with Crippen LogP contribution in [0.1, 0.15) is 12.8 Å². The highest BCUT2D eigenvalue weighted by Gasteiger charge is 2.30. The van der Waals surface area contributed by atoms with Crippen LogP contribution < -0.4 is 5.73 Å². The first-order valence-corrected chi connectivity index (χ1v) is 3.43. The fraction of sp³-hybridized carbons (Fsp3) is 0.667. The molecule has 1 aliphatic rings. The Morgan fingerprint density at radius 3 is 2.73 bits per heavy atom. The van der Waals surface area contributed by atoms with Crippen LogP contribution in [0.5, 0.6) is 0 Å². The van der Waals surface area contributed by atoms with Crippen molar-refractivity contribution < 1.29 is 9.90 Å². The van der Waals surface area contributed by atoms with Gasteiger partial charge in [0.15, 0.2) is 5.96 Å². The van der Waals surface area contributed by atoms with Crippen molar-refractivity contribution in [3.05, 3.63) is 0 Å². The van der Waals surface area contributed by atoms with Crippen LogP contribution in [0.15, 0.2) is 0 Å². The summed E-state index contributed by atoms with van der Waals surface area (Å²) in [6.07, 6.45) is 0.908. The molecule has 0 bridgehead atoms. The Bertz CT molecular complexity index is 192. The Hall–Kier alpha value is -1.26. The highest BCUT2D eigenvalue weighted by molar-refractivity contribution is 5.77. The summed E-state index contributed by atoms with van der Waals surface area (Å²) >= 11 is 0. The van der Waals surface area contributed by atoms with E-state index in [9.17, 15) is 4.79 Å². The lowest BCUT2D eigenvalue weighted by atomic mass is 10.0. The summed E-state index contributed by atoms with van der Waals surface area (Å²) in [5.74, 6) is -0.858. The third-order valence-corrected chi connectivity index (χ3v) is 1.86. The van der Waals surface area contributed by atoms with E-state index in [4.69, 9.17) is 16.2 Å². The Balaban J connectivity index is 2.37. The first-order chi connectivity index (χ1) is 5.11. The third-order valence-electron chi connectivity index (χ3n) is 1.86. The van der Waals surface area contributed by atoms with Crippen molar-refractivity contribution in [2.75, 3.05) is 6.54 Å². The van der Waals surface area contributed by atoms with E-state index >= 15 is 0 Å². The zero-order chi connectivity index (χ0) is 8.43. The minimum Gasteiger partial charge on any atom is -0.481 e. The van der Waals surface area contributed by atoms with E-state index in [1.54, 1.807) is 4.90 Å². The summed E-state index contributed by atoms with van der Waals surface area (Å²) < 4.78 is 0. The predicted molar refractivity (Wildman–Crippen MR) is 39.3 cm³/mol. The van der Waals surface area contributed by atoms with E-state index in [-0.39, 0.29) is 18.4 Å². The summed E-state index contributed by atoms with van der Waals surface area (Å²) in [5.41, 5.74) is 5.18. The van der Waals surface area contributed by atoms with Crippen LogP contribution in [0.3, 0.4) is 0 Å². The molecule has 1 heterocycles. The van der Waals surface area contributed by atoms with Gasteiger partial charge in [0.1, 0.15) is 0 Å². The average molecular weight is 157 g/mol. The number of rotatable bonds is 2. The van der Waals surface area contributed by atoms with Gasteiger partial charge in [-0.05, 0) is 6.42 Å². The molecule has 0 spiro atoms. The number of nitrogens with one attached hydrogen (secondary N) is 1. The van der Waals surface area contributed by atoms with Crippen LogP contribution in [0.4, 0.5) is 0 Å². The zero-order valence-electron chi connectivity index (χ0n) is 6.08. The quantitative estimate of drug-likeness (QED) is 0.370. The smallest absolute Gasteiger partial charge is 0.305 e. The molecule has 1 rings (SSSR count). The fourth-order valence-corrected chi connectivity index (χ4v) is 1.17. The number of hydrogen-bond donors (Lipinski definition) is 3. The van der Waals surface area contributed by atoms with Crippen LogP contribution >= 0.6 is 0 Å². The number of aliphatic carboxylic acids is 1. The van der Waals surface area contributed by atoms with Gasteiger partial charge in [0.05, 0.1) is 6.42 Å². The monoisotopic (exact) mass is 157 g/mol. The predicted octanol–water partition coefficient (Wildman–Crippen LogP) is -0.571. The second-order valence-corrected chi connectivity index (χ2v) is 2.62. The van der Waals surface area contributed by atoms with Gasteiger partial charge in [-0.2, -0.15) is 0 Å². The van der Waals surface area contributed by atoms with E-state index in [1.165, 1.54) is 0 Å². The van der Waals surface area contributed by atoms with Crippen molar-refractivity contribution in [2.24, 2.45) is 5.73 Å².